The molecule has 176 valence electrons. The van der Waals surface area contributed by atoms with Gasteiger partial charge in [-0.1, -0.05) is 5.57 Å². The van der Waals surface area contributed by atoms with Crippen LogP contribution in [0.2, 0.25) is 0 Å². The fraction of sp³-hybridized carbons (Fsp3) is 0.417. The maximum atomic E-state index is 12.8. The second-order valence-electron chi connectivity index (χ2n) is 8.96. The third kappa shape index (κ3) is 4.25. The maximum Gasteiger partial charge on any atom is 0.246 e. The Balaban J connectivity index is 1.25. The average molecular weight is 479 g/mol. The molecule has 2 fully saturated rings. The Kier molecular flexibility index (Phi) is 5.99. The standard InChI is InChI=1S/C24H26N6O3S/c1-16(31)29-10-6-24(7-11-29)19-12-18(14-25-22(19)27-23(24)33)2-3-21(32)30-8-4-17(5-9-30)13-20-26-15-34-28-20/h2-3,12-15H,4-11H2,1H3,(H,25,27,33). The zero-order valence-corrected chi connectivity index (χ0v) is 19.8. The largest absolute Gasteiger partial charge is 0.343 e. The van der Waals surface area contributed by atoms with Crippen LogP contribution >= 0.6 is 11.5 Å². The third-order valence-electron chi connectivity index (χ3n) is 7.00. The number of rotatable bonds is 3. The van der Waals surface area contributed by atoms with Crippen molar-refractivity contribution in [2.75, 3.05) is 31.5 Å². The molecular weight excluding hydrogens is 452 g/mol. The fourth-order valence-electron chi connectivity index (χ4n) is 4.94. The van der Waals surface area contributed by atoms with Crippen LogP contribution in [0.15, 0.2) is 29.4 Å². The van der Waals surface area contributed by atoms with Crippen LogP contribution in [-0.4, -0.2) is 68.0 Å². The highest BCUT2D eigenvalue weighted by Crippen LogP contribution is 2.44. The number of aromatic nitrogens is 3. The van der Waals surface area contributed by atoms with E-state index in [1.165, 1.54) is 17.1 Å². The van der Waals surface area contributed by atoms with E-state index in [-0.39, 0.29) is 17.7 Å². The minimum Gasteiger partial charge on any atom is -0.343 e. The number of amides is 3. The van der Waals surface area contributed by atoms with Gasteiger partial charge in [0.1, 0.15) is 11.3 Å². The summed E-state index contributed by atoms with van der Waals surface area (Å²) < 4.78 is 4.21. The lowest BCUT2D eigenvalue weighted by atomic mass is 9.74. The Labute approximate surface area is 201 Å². The van der Waals surface area contributed by atoms with Gasteiger partial charge in [-0.05, 0) is 61.0 Å². The normalized spacial score (nSPS) is 19.4. The summed E-state index contributed by atoms with van der Waals surface area (Å²) in [7, 11) is 0. The highest BCUT2D eigenvalue weighted by atomic mass is 32.1. The van der Waals surface area contributed by atoms with Gasteiger partial charge in [-0.3, -0.25) is 14.4 Å². The lowest BCUT2D eigenvalue weighted by molar-refractivity contribution is -0.133. The number of fused-ring (bicyclic) bond motifs is 2. The van der Waals surface area contributed by atoms with Gasteiger partial charge in [-0.15, -0.1) is 0 Å². The smallest absolute Gasteiger partial charge is 0.246 e. The number of likely N-dealkylation sites (tertiary alicyclic amines) is 2. The number of carbonyl (C=O) groups excluding carboxylic acids is 3. The molecule has 1 spiro atoms. The summed E-state index contributed by atoms with van der Waals surface area (Å²) in [5, 5.41) is 2.90. The van der Waals surface area contributed by atoms with E-state index in [0.717, 1.165) is 29.8 Å². The molecule has 10 heteroatoms. The van der Waals surface area contributed by atoms with Crippen LogP contribution < -0.4 is 5.32 Å². The molecule has 0 aliphatic carbocycles. The van der Waals surface area contributed by atoms with Crippen molar-refractivity contribution < 1.29 is 14.4 Å². The summed E-state index contributed by atoms with van der Waals surface area (Å²) in [6.07, 6.45) is 9.79. The highest BCUT2D eigenvalue weighted by molar-refractivity contribution is 7.03. The number of anilines is 1. The minimum atomic E-state index is -0.663. The van der Waals surface area contributed by atoms with Crippen LogP contribution in [0, 0.1) is 0 Å². The number of nitrogens with zero attached hydrogens (tertiary/aromatic N) is 5. The van der Waals surface area contributed by atoms with Gasteiger partial charge in [0.05, 0.1) is 5.41 Å². The SMILES string of the molecule is CC(=O)N1CCC2(CC1)C(=O)Nc1ncc(C=CC(=O)N3CCC(=Cc4ncsn4)CC3)cc12. The lowest BCUT2D eigenvalue weighted by Gasteiger charge is -2.37. The molecule has 3 aliphatic heterocycles. The van der Waals surface area contributed by atoms with Crippen LogP contribution in [0.3, 0.4) is 0 Å². The zero-order chi connectivity index (χ0) is 23.7. The van der Waals surface area contributed by atoms with Gasteiger partial charge in [-0.2, -0.15) is 4.37 Å². The Hall–Kier alpha value is -3.40. The molecule has 34 heavy (non-hydrogen) atoms. The Bertz CT molecular complexity index is 1170. The van der Waals surface area contributed by atoms with E-state index in [1.54, 1.807) is 35.7 Å². The molecule has 2 aromatic rings. The molecule has 0 bridgehead atoms. The molecule has 9 nitrogen and oxygen atoms in total. The first kappa shape index (κ1) is 22.4. The van der Waals surface area contributed by atoms with Gasteiger partial charge in [0.25, 0.3) is 0 Å². The molecule has 0 atom stereocenters. The van der Waals surface area contributed by atoms with Crippen molar-refractivity contribution in [1.29, 1.82) is 0 Å². The van der Waals surface area contributed by atoms with Gasteiger partial charge >= 0.3 is 0 Å². The molecule has 1 N–H and O–H groups in total. The van der Waals surface area contributed by atoms with E-state index in [1.807, 2.05) is 17.0 Å². The van der Waals surface area contributed by atoms with E-state index >= 15 is 0 Å². The Morgan fingerprint density at radius 2 is 1.88 bits per heavy atom. The minimum absolute atomic E-state index is 0.0296. The summed E-state index contributed by atoms with van der Waals surface area (Å²) >= 11 is 1.33. The summed E-state index contributed by atoms with van der Waals surface area (Å²) in [5.74, 6) is 1.25. The number of pyridine rings is 1. The molecule has 0 aromatic carbocycles. The predicted molar refractivity (Wildman–Crippen MR) is 129 cm³/mol. The van der Waals surface area contributed by atoms with Crippen molar-refractivity contribution in [1.82, 2.24) is 24.1 Å². The summed E-state index contributed by atoms with van der Waals surface area (Å²) in [6.45, 7) is 3.97. The van der Waals surface area contributed by atoms with Gasteiger partial charge in [0, 0.05) is 50.9 Å². The average Bonchev–Trinajstić information content (AvgIpc) is 3.45. The van der Waals surface area contributed by atoms with Crippen molar-refractivity contribution in [2.24, 2.45) is 0 Å². The lowest BCUT2D eigenvalue weighted by Crippen LogP contribution is -2.47. The zero-order valence-electron chi connectivity index (χ0n) is 19.0. The molecule has 3 aliphatic rings. The van der Waals surface area contributed by atoms with E-state index in [0.29, 0.717) is 44.8 Å². The molecule has 5 heterocycles. The molecule has 0 unspecified atom stereocenters. The van der Waals surface area contributed by atoms with E-state index in [9.17, 15) is 14.4 Å². The van der Waals surface area contributed by atoms with Crippen molar-refractivity contribution in [3.63, 3.8) is 0 Å². The Morgan fingerprint density at radius 3 is 2.56 bits per heavy atom. The van der Waals surface area contributed by atoms with E-state index < -0.39 is 5.41 Å². The van der Waals surface area contributed by atoms with Crippen LogP contribution in [0.4, 0.5) is 5.82 Å². The summed E-state index contributed by atoms with van der Waals surface area (Å²) in [6, 6.07) is 1.95. The predicted octanol–water partition coefficient (Wildman–Crippen LogP) is 2.48. The van der Waals surface area contributed by atoms with Crippen LogP contribution in [-0.2, 0) is 19.8 Å². The molecular formula is C24H26N6O3S. The highest BCUT2D eigenvalue weighted by Gasteiger charge is 2.49. The number of piperidine rings is 2. The van der Waals surface area contributed by atoms with Gasteiger partial charge < -0.3 is 15.1 Å². The summed E-state index contributed by atoms with van der Waals surface area (Å²) in [5.41, 5.74) is 3.95. The first-order valence-corrected chi connectivity index (χ1v) is 12.3. The summed E-state index contributed by atoms with van der Waals surface area (Å²) in [4.78, 5) is 49.6. The van der Waals surface area contributed by atoms with E-state index in [4.69, 9.17) is 0 Å². The number of carbonyl (C=O) groups is 3. The topological polar surface area (TPSA) is 108 Å². The van der Waals surface area contributed by atoms with Crippen molar-refractivity contribution in [2.45, 2.75) is 38.0 Å². The Morgan fingerprint density at radius 1 is 1.12 bits per heavy atom. The second kappa shape index (κ2) is 9.09. The molecule has 0 radical (unpaired) electrons. The second-order valence-corrected chi connectivity index (χ2v) is 9.56. The maximum absolute atomic E-state index is 12.8. The first-order chi connectivity index (χ1) is 16.4. The first-order valence-electron chi connectivity index (χ1n) is 11.4. The van der Waals surface area contributed by atoms with E-state index in [2.05, 4.69) is 19.7 Å². The van der Waals surface area contributed by atoms with Crippen LogP contribution in [0.25, 0.3) is 12.2 Å². The van der Waals surface area contributed by atoms with Crippen molar-refractivity contribution in [3.8, 4) is 0 Å². The van der Waals surface area contributed by atoms with Gasteiger partial charge in [0.2, 0.25) is 17.7 Å². The quantitative estimate of drug-likeness (QED) is 0.679. The van der Waals surface area contributed by atoms with Gasteiger partial charge in [0.15, 0.2) is 5.82 Å². The number of hydrogen-bond donors (Lipinski definition) is 1. The molecule has 5 rings (SSSR count). The van der Waals surface area contributed by atoms with Crippen molar-refractivity contribution in [3.05, 3.63) is 46.4 Å². The molecule has 2 saturated heterocycles. The van der Waals surface area contributed by atoms with Gasteiger partial charge in [-0.25, -0.2) is 9.97 Å². The number of hydrogen-bond acceptors (Lipinski definition) is 7. The molecule has 3 amide bonds. The molecule has 0 saturated carbocycles. The van der Waals surface area contributed by atoms with Crippen molar-refractivity contribution >= 4 is 47.2 Å². The fourth-order valence-corrected chi connectivity index (χ4v) is 5.35. The monoisotopic (exact) mass is 478 g/mol. The molecule has 2 aromatic heterocycles. The van der Waals surface area contributed by atoms with Crippen LogP contribution in [0.1, 0.15) is 49.6 Å². The van der Waals surface area contributed by atoms with Crippen LogP contribution in [0.5, 0.6) is 0 Å². The third-order valence-corrected chi connectivity index (χ3v) is 7.49. The number of nitrogens with one attached hydrogen (secondary N) is 1.